The molecule has 0 saturated carbocycles. The van der Waals surface area contributed by atoms with Gasteiger partial charge in [0.1, 0.15) is 6.61 Å². The second kappa shape index (κ2) is 35.8. The molecule has 0 heterocycles. The third-order valence-electron chi connectivity index (χ3n) is 7.81. The van der Waals surface area contributed by atoms with Gasteiger partial charge in [-0.2, -0.15) is 0 Å². The van der Waals surface area contributed by atoms with Crippen LogP contribution in [0.5, 0.6) is 0 Å². The van der Waals surface area contributed by atoms with Gasteiger partial charge in [0.2, 0.25) is 0 Å². The highest BCUT2D eigenvalue weighted by atomic mass is 31.2. The molecule has 0 fully saturated rings. The number of aliphatic hydroxyl groups is 1. The molecule has 2 atom stereocenters. The van der Waals surface area contributed by atoms with Crippen molar-refractivity contribution in [3.05, 3.63) is 72.9 Å². The third kappa shape index (κ3) is 38.5. The Morgan fingerprint density at radius 3 is 1.80 bits per heavy atom. The van der Waals surface area contributed by atoms with E-state index in [4.69, 9.17) is 19.3 Å². The van der Waals surface area contributed by atoms with Crippen LogP contribution in [0.1, 0.15) is 149 Å². The first-order chi connectivity index (χ1) is 24.7. The van der Waals surface area contributed by atoms with Crippen LogP contribution >= 0.6 is 7.82 Å². The van der Waals surface area contributed by atoms with Crippen LogP contribution in [-0.2, 0) is 28.2 Å². The van der Waals surface area contributed by atoms with E-state index >= 15 is 0 Å². The van der Waals surface area contributed by atoms with E-state index in [0.717, 1.165) is 64.2 Å². The molecular formula is C41H69O9P. The molecule has 0 aromatic carbocycles. The van der Waals surface area contributed by atoms with Gasteiger partial charge in [0.25, 0.3) is 0 Å². The number of aliphatic hydroxyl groups excluding tert-OH is 1. The minimum atomic E-state index is -4.80. The number of esters is 2. The largest absolute Gasteiger partial charge is 0.469 e. The number of phosphoric ester groups is 1. The first-order valence-electron chi connectivity index (χ1n) is 19.3. The van der Waals surface area contributed by atoms with Gasteiger partial charge < -0.3 is 24.4 Å². The topological polar surface area (TPSA) is 140 Å². The van der Waals surface area contributed by atoms with Gasteiger partial charge in [-0.1, -0.05) is 138 Å². The number of ether oxygens (including phenoxy) is 2. The van der Waals surface area contributed by atoms with E-state index in [9.17, 15) is 19.3 Å². The van der Waals surface area contributed by atoms with Crippen molar-refractivity contribution >= 4 is 19.8 Å². The molecule has 51 heavy (non-hydrogen) atoms. The molecule has 0 bridgehead atoms. The average molecular weight is 737 g/mol. The van der Waals surface area contributed by atoms with Crippen LogP contribution < -0.4 is 0 Å². The van der Waals surface area contributed by atoms with Gasteiger partial charge in [-0.15, -0.1) is 0 Å². The number of unbranched alkanes of at least 4 members (excludes halogenated alkanes) is 11. The molecule has 0 saturated heterocycles. The van der Waals surface area contributed by atoms with Crippen molar-refractivity contribution in [2.45, 2.75) is 161 Å². The van der Waals surface area contributed by atoms with Crippen molar-refractivity contribution < 1.29 is 43.0 Å². The van der Waals surface area contributed by atoms with Gasteiger partial charge in [-0.25, -0.2) is 4.57 Å². The van der Waals surface area contributed by atoms with Crippen LogP contribution in [-0.4, -0.2) is 52.3 Å². The maximum absolute atomic E-state index is 12.4. The Hall–Kier alpha value is -2.55. The lowest BCUT2D eigenvalue weighted by Gasteiger charge is -2.18. The van der Waals surface area contributed by atoms with Gasteiger partial charge in [-0.05, 0) is 70.6 Å². The van der Waals surface area contributed by atoms with Crippen molar-refractivity contribution in [2.75, 3.05) is 13.2 Å². The maximum atomic E-state index is 12.4. The number of hydrogen-bond donors (Lipinski definition) is 3. The Morgan fingerprint density at radius 1 is 0.627 bits per heavy atom. The smallest absolute Gasteiger partial charge is 0.462 e. The molecule has 0 radical (unpaired) electrons. The number of carbonyl (C=O) groups excluding carboxylic acids is 2. The second-order valence-electron chi connectivity index (χ2n) is 12.7. The summed E-state index contributed by atoms with van der Waals surface area (Å²) in [7, 11) is -4.80. The maximum Gasteiger partial charge on any atom is 0.469 e. The summed E-state index contributed by atoms with van der Waals surface area (Å²) in [6.07, 6.45) is 42.3. The molecule has 292 valence electrons. The molecule has 10 heteroatoms. The predicted octanol–water partition coefficient (Wildman–Crippen LogP) is 10.5. The molecule has 0 rings (SSSR count). The molecule has 3 N–H and O–H groups in total. The Kier molecular flexibility index (Phi) is 34.0. The molecule has 0 spiro atoms. The van der Waals surface area contributed by atoms with Crippen molar-refractivity contribution in [1.82, 2.24) is 0 Å². The Morgan fingerprint density at radius 2 is 1.18 bits per heavy atom. The zero-order chi connectivity index (χ0) is 37.7. The molecule has 1 unspecified atom stereocenters. The predicted molar refractivity (Wildman–Crippen MR) is 208 cm³/mol. The Labute approximate surface area is 309 Å². The fourth-order valence-electron chi connectivity index (χ4n) is 4.92. The zero-order valence-corrected chi connectivity index (χ0v) is 32.5. The first kappa shape index (κ1) is 48.5. The molecular weight excluding hydrogens is 667 g/mol. The van der Waals surface area contributed by atoms with Crippen molar-refractivity contribution in [2.24, 2.45) is 0 Å². The van der Waals surface area contributed by atoms with Gasteiger partial charge >= 0.3 is 19.8 Å². The Balaban J connectivity index is 4.19. The van der Waals surface area contributed by atoms with Crippen LogP contribution in [0.15, 0.2) is 72.9 Å². The van der Waals surface area contributed by atoms with Crippen LogP contribution in [0.3, 0.4) is 0 Å². The lowest BCUT2D eigenvalue weighted by atomic mass is 10.1. The van der Waals surface area contributed by atoms with Crippen molar-refractivity contribution in [1.29, 1.82) is 0 Å². The monoisotopic (exact) mass is 736 g/mol. The van der Waals surface area contributed by atoms with Gasteiger partial charge in [-0.3, -0.25) is 14.1 Å². The van der Waals surface area contributed by atoms with Crippen LogP contribution in [0.4, 0.5) is 0 Å². The lowest BCUT2D eigenvalue weighted by molar-refractivity contribution is -0.161. The zero-order valence-electron chi connectivity index (χ0n) is 31.6. The van der Waals surface area contributed by atoms with Gasteiger partial charge in [0.05, 0.1) is 12.7 Å². The highest BCUT2D eigenvalue weighted by molar-refractivity contribution is 7.46. The van der Waals surface area contributed by atoms with Crippen LogP contribution in [0.2, 0.25) is 0 Å². The summed E-state index contributed by atoms with van der Waals surface area (Å²) in [5.74, 6) is -1.11. The van der Waals surface area contributed by atoms with E-state index < -0.39 is 38.6 Å². The SMILES string of the molecule is CC/C=C\C/C=C\C/C=C\CCCCCCCC(=O)O[C@H](COC(=O)CCCC(O)/C=C/C=C/C/C=C/CCCCCCCC)COP(=O)(O)O. The number of allylic oxidation sites excluding steroid dienone is 11. The van der Waals surface area contributed by atoms with Gasteiger partial charge in [0.15, 0.2) is 6.10 Å². The summed E-state index contributed by atoms with van der Waals surface area (Å²) in [5.41, 5.74) is 0. The molecule has 0 aliphatic carbocycles. The number of rotatable bonds is 34. The number of phosphoric acid groups is 1. The molecule has 0 aromatic rings. The first-order valence-corrected chi connectivity index (χ1v) is 20.9. The summed E-state index contributed by atoms with van der Waals surface area (Å²) >= 11 is 0. The van der Waals surface area contributed by atoms with Crippen molar-refractivity contribution in [3.8, 4) is 0 Å². The Bertz CT molecular complexity index is 1070. The fraction of sp³-hybridized carbons (Fsp3) is 0.659. The fourth-order valence-corrected chi connectivity index (χ4v) is 5.28. The van der Waals surface area contributed by atoms with Crippen molar-refractivity contribution in [3.63, 3.8) is 0 Å². The van der Waals surface area contributed by atoms with E-state index in [1.165, 1.54) is 38.5 Å². The van der Waals surface area contributed by atoms with E-state index in [2.05, 4.69) is 67.0 Å². The highest BCUT2D eigenvalue weighted by Crippen LogP contribution is 2.36. The molecule has 0 amide bonds. The molecule has 0 aliphatic rings. The lowest BCUT2D eigenvalue weighted by Crippen LogP contribution is -2.29. The second-order valence-corrected chi connectivity index (χ2v) is 14.0. The van der Waals surface area contributed by atoms with E-state index in [-0.39, 0.29) is 19.4 Å². The molecule has 0 aliphatic heterocycles. The van der Waals surface area contributed by atoms with E-state index in [1.807, 2.05) is 12.2 Å². The molecule has 0 aromatic heterocycles. The third-order valence-corrected chi connectivity index (χ3v) is 8.30. The van der Waals surface area contributed by atoms with E-state index in [0.29, 0.717) is 19.3 Å². The summed E-state index contributed by atoms with van der Waals surface area (Å²) in [4.78, 5) is 42.7. The quantitative estimate of drug-likeness (QED) is 0.0194. The van der Waals surface area contributed by atoms with Crippen LogP contribution in [0, 0.1) is 0 Å². The summed E-state index contributed by atoms with van der Waals surface area (Å²) in [5, 5.41) is 10.2. The van der Waals surface area contributed by atoms with Gasteiger partial charge in [0, 0.05) is 12.8 Å². The van der Waals surface area contributed by atoms with E-state index in [1.54, 1.807) is 12.2 Å². The summed E-state index contributed by atoms with van der Waals surface area (Å²) in [6, 6.07) is 0. The number of carbonyl (C=O) groups is 2. The summed E-state index contributed by atoms with van der Waals surface area (Å²) < 4.78 is 26.2. The minimum Gasteiger partial charge on any atom is -0.462 e. The molecule has 9 nitrogen and oxygen atoms in total. The van der Waals surface area contributed by atoms with Crippen LogP contribution in [0.25, 0.3) is 0 Å². The average Bonchev–Trinajstić information content (AvgIpc) is 3.09. The number of hydrogen-bond acceptors (Lipinski definition) is 7. The highest BCUT2D eigenvalue weighted by Gasteiger charge is 2.23. The summed E-state index contributed by atoms with van der Waals surface area (Å²) in [6.45, 7) is 3.37. The standard InChI is InChI=1S/C41H69O9P/c1-3-5-7-9-11-13-15-17-18-20-22-24-26-28-30-34-41(44)50-39(37-49-51(45,46)47)36-48-40(43)35-31-33-38(42)32-29-27-25-23-21-19-16-14-12-10-8-6-4-2/h5,7,11,13,17-19,21,25,27,29,32,38-39,42H,3-4,6,8-10,12,14-16,20,22-24,26,28,30-31,33-37H2,1-2H3,(H2,45,46,47)/b7-5-,13-11-,18-17-,21-19+,27-25+,32-29+/t38?,39-/m1/s1. The minimum absolute atomic E-state index is 0.0356. The normalized spacial score (nSPS) is 13.9.